The van der Waals surface area contributed by atoms with E-state index >= 15 is 0 Å². The smallest absolute Gasteiger partial charge is 0.309 e. The predicted molar refractivity (Wildman–Crippen MR) is 87.6 cm³/mol. The zero-order valence-electron chi connectivity index (χ0n) is 15.2. The molecule has 2 heterocycles. The normalized spacial score (nSPS) is 45.6. The molecule has 2 aliphatic heterocycles. The Balaban J connectivity index is 1.21. The summed E-state index contributed by atoms with van der Waals surface area (Å²) >= 11 is 0. The highest BCUT2D eigenvalue weighted by Crippen LogP contribution is 2.44. The van der Waals surface area contributed by atoms with E-state index in [1.807, 2.05) is 0 Å². The highest BCUT2D eigenvalue weighted by atomic mass is 16.6. The van der Waals surface area contributed by atoms with Crippen LogP contribution in [0.5, 0.6) is 0 Å². The molecule has 0 bridgehead atoms. The van der Waals surface area contributed by atoms with Crippen LogP contribution in [0.4, 0.5) is 0 Å². The van der Waals surface area contributed by atoms with Crippen molar-refractivity contribution in [2.45, 2.75) is 77.0 Å². The van der Waals surface area contributed by atoms with Crippen LogP contribution < -0.4 is 0 Å². The van der Waals surface area contributed by atoms with Gasteiger partial charge in [0.25, 0.3) is 0 Å². The quantitative estimate of drug-likeness (QED) is 0.557. The lowest BCUT2D eigenvalue weighted by molar-refractivity contribution is -0.166. The van der Waals surface area contributed by atoms with Gasteiger partial charge in [0.1, 0.15) is 12.7 Å². The van der Waals surface area contributed by atoms with Crippen molar-refractivity contribution in [2.75, 3.05) is 6.61 Å². The fourth-order valence-electron chi connectivity index (χ4n) is 4.50. The third-order valence-corrected chi connectivity index (χ3v) is 6.31. The van der Waals surface area contributed by atoms with Crippen molar-refractivity contribution < 1.29 is 28.5 Å². The number of fused-ring (bicyclic) bond motifs is 2. The lowest BCUT2D eigenvalue weighted by atomic mass is 9.80. The molecule has 0 N–H and O–H groups in total. The number of hydrogen-bond donors (Lipinski definition) is 0. The van der Waals surface area contributed by atoms with Gasteiger partial charge in [-0.3, -0.25) is 9.59 Å². The molecule has 2 saturated carbocycles. The van der Waals surface area contributed by atoms with Crippen LogP contribution in [0.25, 0.3) is 0 Å². The number of epoxide rings is 2. The molecular weight excluding hydrogens is 324 g/mol. The summed E-state index contributed by atoms with van der Waals surface area (Å²) in [6.07, 6.45) is 4.12. The monoisotopic (exact) mass is 352 g/mol. The van der Waals surface area contributed by atoms with Crippen molar-refractivity contribution in [3.63, 3.8) is 0 Å². The Bertz CT molecular complexity index is 548. The molecule has 6 heteroatoms. The number of esters is 2. The minimum Gasteiger partial charge on any atom is -0.462 e. The Labute approximate surface area is 148 Å². The van der Waals surface area contributed by atoms with Gasteiger partial charge in [0, 0.05) is 0 Å². The molecule has 9 unspecified atom stereocenters. The molecule has 0 radical (unpaired) electrons. The summed E-state index contributed by atoms with van der Waals surface area (Å²) in [7, 11) is 0. The first-order valence-electron chi connectivity index (χ1n) is 9.60. The minimum absolute atomic E-state index is 0.103. The molecule has 9 atom stereocenters. The summed E-state index contributed by atoms with van der Waals surface area (Å²) in [5.74, 6) is -0.0303. The Hall–Kier alpha value is -1.14. The van der Waals surface area contributed by atoms with Gasteiger partial charge in [0.15, 0.2) is 0 Å². The second-order valence-electron chi connectivity index (χ2n) is 8.41. The van der Waals surface area contributed by atoms with E-state index in [0.29, 0.717) is 12.2 Å². The maximum atomic E-state index is 12.4. The highest BCUT2D eigenvalue weighted by molar-refractivity contribution is 5.74. The van der Waals surface area contributed by atoms with Crippen molar-refractivity contribution in [1.82, 2.24) is 0 Å². The first kappa shape index (κ1) is 17.3. The standard InChI is InChI=1S/C19H28O6/c1-9-4-14-16(24-14)6-12(9)18(20)22-8-11(3)23-19(21)13-7-17-15(25-17)5-10(13)2/h9-17H,4-8H2,1-3H3. The molecule has 4 fully saturated rings. The maximum Gasteiger partial charge on any atom is 0.309 e. The summed E-state index contributed by atoms with van der Waals surface area (Å²) in [6.45, 7) is 6.04. The van der Waals surface area contributed by atoms with Crippen LogP contribution in [0.2, 0.25) is 0 Å². The van der Waals surface area contributed by atoms with E-state index in [9.17, 15) is 9.59 Å². The van der Waals surface area contributed by atoms with E-state index < -0.39 is 6.10 Å². The van der Waals surface area contributed by atoms with Crippen LogP contribution in [-0.2, 0) is 28.5 Å². The van der Waals surface area contributed by atoms with Crippen LogP contribution >= 0.6 is 0 Å². The minimum atomic E-state index is -0.426. The summed E-state index contributed by atoms with van der Waals surface area (Å²) in [4.78, 5) is 24.7. The first-order chi connectivity index (χ1) is 11.9. The van der Waals surface area contributed by atoms with E-state index in [1.165, 1.54) is 0 Å². The van der Waals surface area contributed by atoms with Gasteiger partial charge in [0.05, 0.1) is 36.3 Å². The second kappa shape index (κ2) is 6.54. The van der Waals surface area contributed by atoms with Crippen LogP contribution in [0.1, 0.15) is 46.5 Å². The second-order valence-corrected chi connectivity index (χ2v) is 8.41. The van der Waals surface area contributed by atoms with Crippen LogP contribution in [0.3, 0.4) is 0 Å². The summed E-state index contributed by atoms with van der Waals surface area (Å²) in [5, 5.41) is 0. The van der Waals surface area contributed by atoms with Crippen molar-refractivity contribution >= 4 is 11.9 Å². The largest absolute Gasteiger partial charge is 0.462 e. The Kier molecular flexibility index (Phi) is 4.52. The van der Waals surface area contributed by atoms with Crippen molar-refractivity contribution in [3.8, 4) is 0 Å². The number of rotatable bonds is 5. The van der Waals surface area contributed by atoms with Gasteiger partial charge in [-0.1, -0.05) is 13.8 Å². The molecule has 2 aliphatic carbocycles. The van der Waals surface area contributed by atoms with Gasteiger partial charge >= 0.3 is 11.9 Å². The molecule has 0 aromatic heterocycles. The lowest BCUT2D eigenvalue weighted by Crippen LogP contribution is -2.35. The van der Waals surface area contributed by atoms with Gasteiger partial charge in [0.2, 0.25) is 0 Å². The molecule has 4 aliphatic rings. The molecule has 0 amide bonds. The number of ether oxygens (including phenoxy) is 4. The van der Waals surface area contributed by atoms with Crippen molar-refractivity contribution in [3.05, 3.63) is 0 Å². The number of hydrogen-bond acceptors (Lipinski definition) is 6. The fourth-order valence-corrected chi connectivity index (χ4v) is 4.50. The maximum absolute atomic E-state index is 12.4. The highest BCUT2D eigenvalue weighted by Gasteiger charge is 2.50. The molecule has 140 valence electrons. The molecule has 6 nitrogen and oxygen atoms in total. The molecule has 0 aromatic carbocycles. The van der Waals surface area contributed by atoms with E-state index in [4.69, 9.17) is 18.9 Å². The van der Waals surface area contributed by atoms with Crippen LogP contribution in [0, 0.1) is 23.7 Å². The van der Waals surface area contributed by atoms with E-state index in [1.54, 1.807) is 6.92 Å². The van der Waals surface area contributed by atoms with Gasteiger partial charge in [-0.25, -0.2) is 0 Å². The topological polar surface area (TPSA) is 77.7 Å². The molecular formula is C19H28O6. The average molecular weight is 352 g/mol. The third kappa shape index (κ3) is 3.70. The van der Waals surface area contributed by atoms with Gasteiger partial charge in [-0.15, -0.1) is 0 Å². The van der Waals surface area contributed by atoms with Crippen LogP contribution in [0.15, 0.2) is 0 Å². The number of carbonyl (C=O) groups is 2. The summed E-state index contributed by atoms with van der Waals surface area (Å²) in [5.41, 5.74) is 0. The van der Waals surface area contributed by atoms with Crippen LogP contribution in [-0.4, -0.2) is 49.1 Å². The fraction of sp³-hybridized carbons (Fsp3) is 0.895. The predicted octanol–water partition coefficient (Wildman–Crippen LogP) is 2.09. The Morgan fingerprint density at radius 3 is 1.92 bits per heavy atom. The van der Waals surface area contributed by atoms with Gasteiger partial charge in [-0.05, 0) is 44.4 Å². The molecule has 4 rings (SSSR count). The lowest BCUT2D eigenvalue weighted by Gasteiger charge is -2.27. The average Bonchev–Trinajstić information content (AvgIpc) is 3.45. The van der Waals surface area contributed by atoms with E-state index in [2.05, 4.69) is 13.8 Å². The molecule has 0 aromatic rings. The third-order valence-electron chi connectivity index (χ3n) is 6.31. The van der Waals surface area contributed by atoms with E-state index in [-0.39, 0.29) is 54.4 Å². The summed E-state index contributed by atoms with van der Waals surface area (Å²) in [6, 6.07) is 0. The van der Waals surface area contributed by atoms with Gasteiger partial charge in [-0.2, -0.15) is 0 Å². The number of carbonyl (C=O) groups excluding carboxylic acids is 2. The summed E-state index contributed by atoms with van der Waals surface area (Å²) < 4.78 is 22.0. The molecule has 25 heavy (non-hydrogen) atoms. The van der Waals surface area contributed by atoms with Crippen molar-refractivity contribution in [1.29, 1.82) is 0 Å². The SMILES string of the molecule is CC(COC(=O)C1CC2OC2CC1C)OC(=O)C1CC2OC2CC1C. The Morgan fingerprint density at radius 1 is 0.880 bits per heavy atom. The molecule has 0 spiro atoms. The zero-order valence-corrected chi connectivity index (χ0v) is 15.2. The first-order valence-corrected chi connectivity index (χ1v) is 9.60. The zero-order chi connectivity index (χ0) is 17.7. The van der Waals surface area contributed by atoms with E-state index in [0.717, 1.165) is 25.7 Å². The Morgan fingerprint density at radius 2 is 1.36 bits per heavy atom. The van der Waals surface area contributed by atoms with Crippen molar-refractivity contribution in [2.24, 2.45) is 23.7 Å². The van der Waals surface area contributed by atoms with Gasteiger partial charge < -0.3 is 18.9 Å². The molecule has 2 saturated heterocycles.